The molecule has 3 heterocycles. The maximum Gasteiger partial charge on any atom is 0.269 e. The molecule has 1 amide bonds. The Labute approximate surface area is 135 Å². The smallest absolute Gasteiger partial charge is 0.269 e. The van der Waals surface area contributed by atoms with E-state index in [0.717, 1.165) is 0 Å². The molecule has 0 bridgehead atoms. The number of aromatic nitrogens is 4. The summed E-state index contributed by atoms with van der Waals surface area (Å²) in [5.74, 6) is -1.23. The molecule has 120 valence electrons. The first-order chi connectivity index (χ1) is 11.6. The second-order valence-electron chi connectivity index (χ2n) is 4.88. The number of rotatable bonds is 4. The largest absolute Gasteiger partial charge is 0.396 e. The van der Waals surface area contributed by atoms with Crippen LogP contribution in [0.2, 0.25) is 0 Å². The summed E-state index contributed by atoms with van der Waals surface area (Å²) in [7, 11) is 0. The Balaban J connectivity index is 2.01. The van der Waals surface area contributed by atoms with E-state index in [-0.39, 0.29) is 11.4 Å². The summed E-state index contributed by atoms with van der Waals surface area (Å²) < 4.78 is 12.8. The molecule has 0 spiro atoms. The molecule has 0 aliphatic heterocycles. The molecule has 0 fully saturated rings. The van der Waals surface area contributed by atoms with Crippen molar-refractivity contribution >= 4 is 34.8 Å². The number of allylic oxidation sites excluding steroid dienone is 2. The Bertz CT molecular complexity index is 976. The Kier molecular flexibility index (Phi) is 4.02. The number of fused-ring (bicyclic) bond motifs is 1. The number of anilines is 1. The van der Waals surface area contributed by atoms with Crippen LogP contribution in [-0.4, -0.2) is 26.1 Å². The molecule has 7 nitrogen and oxygen atoms in total. The lowest BCUT2D eigenvalue weighted by Gasteiger charge is -2.08. The van der Waals surface area contributed by atoms with Crippen LogP contribution in [0.1, 0.15) is 21.7 Å². The predicted octanol–water partition coefficient (Wildman–Crippen LogP) is 1.90. The number of H-pyrrole nitrogens is 1. The molecule has 0 saturated carbocycles. The van der Waals surface area contributed by atoms with Crippen molar-refractivity contribution in [3.8, 4) is 0 Å². The molecule has 0 aromatic carbocycles. The molecule has 0 saturated heterocycles. The summed E-state index contributed by atoms with van der Waals surface area (Å²) >= 11 is 0. The molecule has 3 rings (SSSR count). The van der Waals surface area contributed by atoms with Crippen LogP contribution in [0.15, 0.2) is 36.5 Å². The molecule has 0 radical (unpaired) electrons. The van der Waals surface area contributed by atoms with Crippen molar-refractivity contribution in [2.24, 2.45) is 5.73 Å². The van der Waals surface area contributed by atoms with E-state index in [4.69, 9.17) is 11.5 Å². The summed E-state index contributed by atoms with van der Waals surface area (Å²) in [6.45, 7) is 0. The number of halogens is 1. The fraction of sp³-hybridized carbons (Fsp3) is 0. The Morgan fingerprint density at radius 1 is 1.29 bits per heavy atom. The molecule has 3 aromatic heterocycles. The lowest BCUT2D eigenvalue weighted by Crippen LogP contribution is -2.16. The van der Waals surface area contributed by atoms with E-state index in [2.05, 4.69) is 20.2 Å². The quantitative estimate of drug-likeness (QED) is 0.632. The first kappa shape index (κ1) is 15.3. The maximum absolute atomic E-state index is 12.8. The van der Waals surface area contributed by atoms with Crippen molar-refractivity contribution in [1.29, 1.82) is 0 Å². The topological polar surface area (TPSA) is 124 Å². The first-order valence-electron chi connectivity index (χ1n) is 6.96. The lowest BCUT2D eigenvalue weighted by molar-refractivity contribution is 0.0997. The number of amides is 1. The van der Waals surface area contributed by atoms with Crippen LogP contribution in [0.5, 0.6) is 0 Å². The summed E-state index contributed by atoms with van der Waals surface area (Å²) in [5, 5.41) is 5.94. The van der Waals surface area contributed by atoms with E-state index in [0.29, 0.717) is 22.3 Å². The van der Waals surface area contributed by atoms with Crippen LogP contribution >= 0.6 is 0 Å². The van der Waals surface area contributed by atoms with Gasteiger partial charge in [0.1, 0.15) is 0 Å². The lowest BCUT2D eigenvalue weighted by atomic mass is 10.1. The number of hydrogen-bond donors (Lipinski definition) is 3. The number of aromatic amines is 1. The van der Waals surface area contributed by atoms with Gasteiger partial charge in [-0.25, -0.2) is 4.98 Å². The van der Waals surface area contributed by atoms with Gasteiger partial charge in [0.2, 0.25) is 5.95 Å². The first-order valence-corrected chi connectivity index (χ1v) is 6.96. The number of nitrogen functional groups attached to an aromatic ring is 1. The van der Waals surface area contributed by atoms with Gasteiger partial charge in [0, 0.05) is 17.8 Å². The van der Waals surface area contributed by atoms with E-state index in [9.17, 15) is 9.18 Å². The van der Waals surface area contributed by atoms with Crippen molar-refractivity contribution in [1.82, 2.24) is 20.2 Å². The van der Waals surface area contributed by atoms with Crippen molar-refractivity contribution in [3.63, 3.8) is 0 Å². The van der Waals surface area contributed by atoms with Crippen LogP contribution in [0.4, 0.5) is 10.1 Å². The second-order valence-corrected chi connectivity index (χ2v) is 4.88. The van der Waals surface area contributed by atoms with Crippen molar-refractivity contribution in [3.05, 3.63) is 59.4 Å². The number of hydrogen-bond acceptors (Lipinski definition) is 5. The fourth-order valence-corrected chi connectivity index (χ4v) is 2.19. The molecule has 3 aromatic rings. The van der Waals surface area contributed by atoms with Crippen LogP contribution in [0, 0.1) is 5.95 Å². The van der Waals surface area contributed by atoms with Gasteiger partial charge in [0.05, 0.1) is 22.4 Å². The van der Waals surface area contributed by atoms with Gasteiger partial charge in [0.15, 0.2) is 5.69 Å². The SMILES string of the molecule is NC(=O)c1nc2cccnc2c(/C=C/C=C\c2cc(F)[nH]n2)c1N. The zero-order chi connectivity index (χ0) is 17.1. The molecular formula is C16H13FN6O. The Morgan fingerprint density at radius 2 is 2.08 bits per heavy atom. The Morgan fingerprint density at radius 3 is 2.79 bits per heavy atom. The van der Waals surface area contributed by atoms with Gasteiger partial charge >= 0.3 is 0 Å². The minimum Gasteiger partial charge on any atom is -0.396 e. The summed E-state index contributed by atoms with van der Waals surface area (Å²) in [6.07, 6.45) is 8.23. The van der Waals surface area contributed by atoms with Crippen LogP contribution in [0.3, 0.4) is 0 Å². The van der Waals surface area contributed by atoms with Crippen LogP contribution in [0.25, 0.3) is 23.2 Å². The second kappa shape index (κ2) is 6.29. The van der Waals surface area contributed by atoms with E-state index < -0.39 is 11.9 Å². The minimum atomic E-state index is -0.713. The zero-order valence-corrected chi connectivity index (χ0v) is 12.4. The monoisotopic (exact) mass is 324 g/mol. The Hall–Kier alpha value is -3.55. The number of carbonyl (C=O) groups excluding carboxylic acids is 1. The number of nitrogens with zero attached hydrogens (tertiary/aromatic N) is 3. The molecule has 0 aliphatic rings. The summed E-state index contributed by atoms with van der Waals surface area (Å²) in [5.41, 5.74) is 13.5. The van der Waals surface area contributed by atoms with E-state index in [1.807, 2.05) is 0 Å². The van der Waals surface area contributed by atoms with Crippen molar-refractivity contribution < 1.29 is 9.18 Å². The zero-order valence-electron chi connectivity index (χ0n) is 12.4. The number of carbonyl (C=O) groups is 1. The van der Waals surface area contributed by atoms with Gasteiger partial charge in [-0.3, -0.25) is 14.9 Å². The average molecular weight is 324 g/mol. The van der Waals surface area contributed by atoms with Gasteiger partial charge in [-0.1, -0.05) is 18.2 Å². The molecule has 24 heavy (non-hydrogen) atoms. The standard InChI is InChI=1S/C16H13FN6O/c17-12-8-9(22-23-12)4-1-2-5-10-13(18)15(16(19)24)21-11-6-3-7-20-14(10)11/h1-8H,18H2,(H2,19,24)(H,22,23)/b4-1-,5-2+. The minimum absolute atomic E-state index is 0.00602. The average Bonchev–Trinajstić information content (AvgIpc) is 2.98. The molecule has 0 unspecified atom stereocenters. The highest BCUT2D eigenvalue weighted by Crippen LogP contribution is 2.25. The predicted molar refractivity (Wildman–Crippen MR) is 89.1 cm³/mol. The molecule has 5 N–H and O–H groups in total. The summed E-state index contributed by atoms with van der Waals surface area (Å²) in [4.78, 5) is 19.9. The van der Waals surface area contributed by atoms with Crippen molar-refractivity contribution in [2.75, 3.05) is 5.73 Å². The van der Waals surface area contributed by atoms with Crippen LogP contribution in [-0.2, 0) is 0 Å². The summed E-state index contributed by atoms with van der Waals surface area (Å²) in [6, 6.07) is 4.68. The third kappa shape index (κ3) is 2.98. The van der Waals surface area contributed by atoms with Gasteiger partial charge in [-0.2, -0.15) is 9.49 Å². The van der Waals surface area contributed by atoms with Crippen LogP contribution < -0.4 is 11.5 Å². The maximum atomic E-state index is 12.8. The van der Waals surface area contributed by atoms with Gasteiger partial charge in [0.25, 0.3) is 5.91 Å². The molecule has 8 heteroatoms. The van der Waals surface area contributed by atoms with Gasteiger partial charge in [-0.05, 0) is 18.2 Å². The highest BCUT2D eigenvalue weighted by atomic mass is 19.1. The fourth-order valence-electron chi connectivity index (χ4n) is 2.19. The van der Waals surface area contributed by atoms with Gasteiger partial charge < -0.3 is 11.5 Å². The molecular weight excluding hydrogens is 311 g/mol. The highest BCUT2D eigenvalue weighted by Gasteiger charge is 2.15. The van der Waals surface area contributed by atoms with E-state index in [1.54, 1.807) is 42.6 Å². The molecule has 0 aliphatic carbocycles. The number of pyridine rings is 2. The third-order valence-electron chi connectivity index (χ3n) is 3.26. The van der Waals surface area contributed by atoms with E-state index >= 15 is 0 Å². The normalized spacial score (nSPS) is 11.7. The third-order valence-corrected chi connectivity index (χ3v) is 3.26. The number of primary amides is 1. The van der Waals surface area contributed by atoms with E-state index in [1.165, 1.54) is 6.07 Å². The highest BCUT2D eigenvalue weighted by molar-refractivity contribution is 6.03. The number of nitrogens with two attached hydrogens (primary N) is 2. The number of nitrogens with one attached hydrogen (secondary N) is 1. The van der Waals surface area contributed by atoms with Gasteiger partial charge in [-0.15, -0.1) is 0 Å². The molecule has 0 atom stereocenters. The van der Waals surface area contributed by atoms with Crippen molar-refractivity contribution in [2.45, 2.75) is 0 Å².